The number of nitro groups is 1. The van der Waals surface area contributed by atoms with Gasteiger partial charge >= 0.3 is 11.7 Å². The average molecular weight is 298 g/mol. The number of amides is 1. The highest BCUT2D eigenvalue weighted by Gasteiger charge is 2.23. The summed E-state index contributed by atoms with van der Waals surface area (Å²) in [5.41, 5.74) is -0.250. The highest BCUT2D eigenvalue weighted by atomic mass is 16.6. The molecule has 0 aliphatic carbocycles. The van der Waals surface area contributed by atoms with E-state index in [0.29, 0.717) is 0 Å². The molecule has 9 heteroatoms. The minimum absolute atomic E-state index is 0.0415. The molecule has 2 N–H and O–H groups in total. The predicted octanol–water partition coefficient (Wildman–Crippen LogP) is -0.133. The van der Waals surface area contributed by atoms with E-state index in [0.717, 1.165) is 13.2 Å². The molecule has 1 amide bonds. The largest absolute Gasteiger partial charge is 0.490 e. The van der Waals surface area contributed by atoms with E-state index in [1.165, 1.54) is 19.2 Å². The Bertz CT molecular complexity index is 559. The topological polar surface area (TPSA) is 128 Å². The lowest BCUT2D eigenvalue weighted by Crippen LogP contribution is -2.44. The van der Waals surface area contributed by atoms with Crippen LogP contribution >= 0.6 is 0 Å². The van der Waals surface area contributed by atoms with Crippen LogP contribution in [0.15, 0.2) is 18.2 Å². The van der Waals surface area contributed by atoms with Crippen LogP contribution in [0.25, 0.3) is 0 Å². The monoisotopic (exact) mass is 298 g/mol. The molecule has 0 aromatic heterocycles. The third-order valence-electron chi connectivity index (χ3n) is 2.61. The molecule has 114 valence electrons. The number of benzene rings is 1. The molecule has 0 saturated carbocycles. The van der Waals surface area contributed by atoms with Crippen LogP contribution in [0.2, 0.25) is 0 Å². The van der Waals surface area contributed by atoms with E-state index < -0.39 is 29.4 Å². The van der Waals surface area contributed by atoms with Gasteiger partial charge in [0.2, 0.25) is 0 Å². The van der Waals surface area contributed by atoms with E-state index in [1.54, 1.807) is 0 Å². The summed E-state index contributed by atoms with van der Waals surface area (Å²) >= 11 is 0. The van der Waals surface area contributed by atoms with E-state index in [2.05, 4.69) is 10.1 Å². The lowest BCUT2D eigenvalue weighted by atomic mass is 10.1. The van der Waals surface area contributed by atoms with Gasteiger partial charge in [-0.15, -0.1) is 0 Å². The van der Waals surface area contributed by atoms with Crippen molar-refractivity contribution in [3.05, 3.63) is 33.9 Å². The number of rotatable bonds is 6. The van der Waals surface area contributed by atoms with Crippen LogP contribution in [0.1, 0.15) is 10.4 Å². The van der Waals surface area contributed by atoms with Crippen molar-refractivity contribution in [1.29, 1.82) is 0 Å². The number of carbonyl (C=O) groups is 2. The highest BCUT2D eigenvalue weighted by Crippen LogP contribution is 2.27. The molecule has 21 heavy (non-hydrogen) atoms. The van der Waals surface area contributed by atoms with Gasteiger partial charge in [0.25, 0.3) is 5.91 Å². The summed E-state index contributed by atoms with van der Waals surface area (Å²) in [6, 6.07) is 2.27. The summed E-state index contributed by atoms with van der Waals surface area (Å²) in [7, 11) is 2.35. The van der Waals surface area contributed by atoms with Crippen molar-refractivity contribution in [3.63, 3.8) is 0 Å². The first-order chi connectivity index (χ1) is 9.94. The first-order valence-electron chi connectivity index (χ1n) is 5.76. The fourth-order valence-electron chi connectivity index (χ4n) is 1.53. The second kappa shape index (κ2) is 7.20. The van der Waals surface area contributed by atoms with Gasteiger partial charge in [0.1, 0.15) is 0 Å². The number of carbonyl (C=O) groups excluding carboxylic acids is 2. The summed E-state index contributed by atoms with van der Waals surface area (Å²) in [6.07, 6.45) is 0. The van der Waals surface area contributed by atoms with Crippen LogP contribution < -0.4 is 10.1 Å². The third kappa shape index (κ3) is 3.89. The maximum Gasteiger partial charge on any atom is 0.330 e. The quantitative estimate of drug-likeness (QED) is 0.425. The Morgan fingerprint density at radius 1 is 1.43 bits per heavy atom. The van der Waals surface area contributed by atoms with E-state index in [-0.39, 0.29) is 17.0 Å². The molecule has 0 heterocycles. The molecule has 0 radical (unpaired) electrons. The molecule has 1 rings (SSSR count). The Morgan fingerprint density at radius 3 is 2.57 bits per heavy atom. The van der Waals surface area contributed by atoms with Gasteiger partial charge in [0.15, 0.2) is 11.8 Å². The molecular formula is C12H14N2O7. The molecule has 9 nitrogen and oxygen atoms in total. The van der Waals surface area contributed by atoms with Crippen LogP contribution in [0.5, 0.6) is 5.75 Å². The molecule has 0 spiro atoms. The second-order valence-electron chi connectivity index (χ2n) is 3.88. The standard InChI is InChI=1S/C12H14N2O7/c1-20-10-5-7(3-4-9(10)14(18)19)11(16)13-8(6-15)12(17)21-2/h3-5,8,15H,6H2,1-2H3,(H,13,16). The Kier molecular flexibility index (Phi) is 5.61. The minimum atomic E-state index is -1.22. The van der Waals surface area contributed by atoms with Crippen LogP contribution in [-0.4, -0.2) is 48.8 Å². The molecule has 0 aliphatic rings. The number of ether oxygens (including phenoxy) is 2. The molecule has 1 aromatic rings. The normalized spacial score (nSPS) is 11.4. The molecule has 0 aliphatic heterocycles. The van der Waals surface area contributed by atoms with Gasteiger partial charge < -0.3 is 19.9 Å². The molecule has 1 unspecified atom stereocenters. The number of nitro benzene ring substituents is 1. The Labute approximate surface area is 119 Å². The Balaban J connectivity index is 2.97. The minimum Gasteiger partial charge on any atom is -0.490 e. The molecule has 0 fully saturated rings. The lowest BCUT2D eigenvalue weighted by molar-refractivity contribution is -0.385. The van der Waals surface area contributed by atoms with Crippen molar-refractivity contribution in [2.24, 2.45) is 0 Å². The second-order valence-corrected chi connectivity index (χ2v) is 3.88. The lowest BCUT2D eigenvalue weighted by Gasteiger charge is -2.14. The van der Waals surface area contributed by atoms with Crippen LogP contribution in [0, 0.1) is 10.1 Å². The Morgan fingerprint density at radius 2 is 2.10 bits per heavy atom. The van der Waals surface area contributed by atoms with Gasteiger partial charge in [-0.3, -0.25) is 14.9 Å². The summed E-state index contributed by atoms with van der Waals surface area (Å²) in [4.78, 5) is 33.3. The smallest absolute Gasteiger partial charge is 0.330 e. The van der Waals surface area contributed by atoms with Crippen molar-refractivity contribution in [3.8, 4) is 5.75 Å². The fraction of sp³-hybridized carbons (Fsp3) is 0.333. The number of aliphatic hydroxyl groups is 1. The van der Waals surface area contributed by atoms with E-state index in [4.69, 9.17) is 9.84 Å². The number of nitrogens with one attached hydrogen (secondary N) is 1. The zero-order chi connectivity index (χ0) is 16.0. The third-order valence-corrected chi connectivity index (χ3v) is 2.61. The fourth-order valence-corrected chi connectivity index (χ4v) is 1.53. The Hall–Kier alpha value is -2.68. The highest BCUT2D eigenvalue weighted by molar-refractivity contribution is 5.97. The van der Waals surface area contributed by atoms with Crippen molar-refractivity contribution in [1.82, 2.24) is 5.32 Å². The van der Waals surface area contributed by atoms with Gasteiger partial charge in [-0.2, -0.15) is 0 Å². The number of methoxy groups -OCH3 is 2. The molecule has 0 bridgehead atoms. The van der Waals surface area contributed by atoms with E-state index in [1.807, 2.05) is 0 Å². The molecule has 1 atom stereocenters. The first-order valence-corrected chi connectivity index (χ1v) is 5.76. The van der Waals surface area contributed by atoms with Crippen LogP contribution in [0.4, 0.5) is 5.69 Å². The number of hydrogen-bond donors (Lipinski definition) is 2. The van der Waals surface area contributed by atoms with Crippen LogP contribution in [-0.2, 0) is 9.53 Å². The van der Waals surface area contributed by atoms with Crippen LogP contribution in [0.3, 0.4) is 0 Å². The maximum absolute atomic E-state index is 11.9. The zero-order valence-electron chi connectivity index (χ0n) is 11.4. The van der Waals surface area contributed by atoms with E-state index in [9.17, 15) is 19.7 Å². The summed E-state index contributed by atoms with van der Waals surface area (Å²) in [5.74, 6) is -1.60. The van der Waals surface area contributed by atoms with Gasteiger partial charge in [-0.25, -0.2) is 4.79 Å². The van der Waals surface area contributed by atoms with Crippen molar-refractivity contribution in [2.75, 3.05) is 20.8 Å². The summed E-state index contributed by atoms with van der Waals surface area (Å²) < 4.78 is 9.24. The first kappa shape index (κ1) is 16.4. The average Bonchev–Trinajstić information content (AvgIpc) is 2.50. The van der Waals surface area contributed by atoms with Gasteiger partial charge in [-0.1, -0.05) is 0 Å². The predicted molar refractivity (Wildman–Crippen MR) is 70.0 cm³/mol. The number of esters is 1. The SMILES string of the molecule is COC(=O)C(CO)NC(=O)c1ccc([N+](=O)[O-])c(OC)c1. The van der Waals surface area contributed by atoms with Crippen molar-refractivity contribution >= 4 is 17.6 Å². The van der Waals surface area contributed by atoms with Gasteiger partial charge in [0.05, 0.1) is 25.7 Å². The molecular weight excluding hydrogens is 284 g/mol. The number of hydrogen-bond acceptors (Lipinski definition) is 7. The van der Waals surface area contributed by atoms with Crippen molar-refractivity contribution < 1.29 is 29.1 Å². The molecule has 1 aromatic carbocycles. The van der Waals surface area contributed by atoms with Crippen molar-refractivity contribution in [2.45, 2.75) is 6.04 Å². The van der Waals surface area contributed by atoms with Gasteiger partial charge in [0, 0.05) is 17.7 Å². The summed E-state index contributed by atoms with van der Waals surface area (Å²) in [6.45, 7) is -0.636. The van der Waals surface area contributed by atoms with E-state index >= 15 is 0 Å². The zero-order valence-corrected chi connectivity index (χ0v) is 11.4. The summed E-state index contributed by atoms with van der Waals surface area (Å²) in [5, 5.41) is 22.0. The number of nitrogens with zero attached hydrogens (tertiary/aromatic N) is 1. The van der Waals surface area contributed by atoms with Gasteiger partial charge in [-0.05, 0) is 6.07 Å². The number of aliphatic hydroxyl groups excluding tert-OH is 1. The maximum atomic E-state index is 11.9. The molecule has 0 saturated heterocycles.